The van der Waals surface area contributed by atoms with Crippen LogP contribution in [0.2, 0.25) is 0 Å². The van der Waals surface area contributed by atoms with E-state index in [4.69, 9.17) is 4.74 Å². The Hall–Kier alpha value is -3.63. The second-order valence-corrected chi connectivity index (χ2v) is 10.2. The number of fused-ring (bicyclic) bond motifs is 2. The number of aromatic carboxylic acids is 1. The molecule has 6 rings (SSSR count). The van der Waals surface area contributed by atoms with Crippen LogP contribution in [-0.4, -0.2) is 23.7 Å². The van der Waals surface area contributed by atoms with Gasteiger partial charge in [-0.15, -0.1) is 0 Å². The van der Waals surface area contributed by atoms with E-state index in [1.807, 2.05) is 30.3 Å². The molecule has 0 radical (unpaired) electrons. The molecule has 1 saturated carbocycles. The van der Waals surface area contributed by atoms with Crippen molar-refractivity contribution in [3.63, 3.8) is 0 Å². The van der Waals surface area contributed by atoms with Crippen LogP contribution in [0, 0.1) is 0 Å². The monoisotopic (exact) mass is 477 g/mol. The maximum Gasteiger partial charge on any atom is 0.335 e. The molecule has 36 heavy (non-hydrogen) atoms. The second-order valence-electron chi connectivity index (χ2n) is 10.2. The number of carboxylic acids is 1. The molecule has 0 spiro atoms. The molecule has 1 heterocycles. The van der Waals surface area contributed by atoms with E-state index in [9.17, 15) is 9.90 Å². The van der Waals surface area contributed by atoms with E-state index in [-0.39, 0.29) is 18.1 Å². The molecule has 1 aliphatic carbocycles. The highest BCUT2D eigenvalue weighted by Crippen LogP contribution is 2.45. The van der Waals surface area contributed by atoms with Gasteiger partial charge < -0.3 is 15.2 Å². The Labute approximate surface area is 211 Å². The molecular formula is C32H31NO3. The van der Waals surface area contributed by atoms with Gasteiger partial charge in [0, 0.05) is 24.1 Å². The van der Waals surface area contributed by atoms with Crippen LogP contribution in [0.25, 0.3) is 10.8 Å². The Bertz CT molecular complexity index is 1420. The van der Waals surface area contributed by atoms with E-state index in [0.29, 0.717) is 18.0 Å². The van der Waals surface area contributed by atoms with Gasteiger partial charge in [0.25, 0.3) is 0 Å². The van der Waals surface area contributed by atoms with Gasteiger partial charge in [0.05, 0.1) is 5.56 Å². The van der Waals surface area contributed by atoms with Crippen LogP contribution in [0.3, 0.4) is 0 Å². The summed E-state index contributed by atoms with van der Waals surface area (Å²) in [6, 6.07) is 29.4. The van der Waals surface area contributed by atoms with Gasteiger partial charge >= 0.3 is 5.97 Å². The predicted molar refractivity (Wildman–Crippen MR) is 143 cm³/mol. The Morgan fingerprint density at radius 1 is 0.972 bits per heavy atom. The summed E-state index contributed by atoms with van der Waals surface area (Å²) in [5.74, 6) is 0.559. The molecule has 1 unspecified atom stereocenters. The highest BCUT2D eigenvalue weighted by molar-refractivity contribution is 5.90. The largest absolute Gasteiger partial charge is 0.489 e. The standard InChI is InChI=1S/C32H31NO3/c1-20(25-11-6-8-21-7-2-3-9-26(21)25)33-19-24-18-29(28-10-4-5-12-31(28)36-24)23-15-16-27(22-13-14-22)30(17-23)32(34)35/h2-12,15-17,20,22,24,29,33H,13-14,18-19H2,1H3,(H,34,35)/t20?,24-,29+/m1/s1. The summed E-state index contributed by atoms with van der Waals surface area (Å²) < 4.78 is 6.43. The van der Waals surface area contributed by atoms with E-state index < -0.39 is 5.97 Å². The average molecular weight is 478 g/mol. The van der Waals surface area contributed by atoms with Crippen molar-refractivity contribution in [3.05, 3.63) is 113 Å². The lowest BCUT2D eigenvalue weighted by atomic mass is 9.82. The molecule has 1 aliphatic heterocycles. The summed E-state index contributed by atoms with van der Waals surface area (Å²) in [6.07, 6.45) is 2.96. The first-order valence-corrected chi connectivity index (χ1v) is 12.9. The molecule has 0 saturated heterocycles. The first-order valence-electron chi connectivity index (χ1n) is 12.9. The number of carbonyl (C=O) groups is 1. The van der Waals surface area contributed by atoms with Crippen LogP contribution in [0.1, 0.15) is 76.7 Å². The molecule has 4 aromatic rings. The van der Waals surface area contributed by atoms with E-state index >= 15 is 0 Å². The van der Waals surface area contributed by atoms with Crippen LogP contribution >= 0.6 is 0 Å². The molecule has 4 aromatic carbocycles. The molecule has 2 N–H and O–H groups in total. The van der Waals surface area contributed by atoms with Crippen LogP contribution in [-0.2, 0) is 0 Å². The molecule has 4 nitrogen and oxygen atoms in total. The van der Waals surface area contributed by atoms with Crippen LogP contribution in [0.15, 0.2) is 84.9 Å². The van der Waals surface area contributed by atoms with Crippen LogP contribution in [0.4, 0.5) is 0 Å². The molecule has 4 heteroatoms. The SMILES string of the molecule is CC(NC[C@H]1C[C@@H](c2ccc(C3CC3)c(C(=O)O)c2)c2ccccc2O1)c1cccc2ccccc12. The number of hydrogen-bond acceptors (Lipinski definition) is 3. The highest BCUT2D eigenvalue weighted by atomic mass is 16.5. The van der Waals surface area contributed by atoms with Gasteiger partial charge in [0.2, 0.25) is 0 Å². The zero-order chi connectivity index (χ0) is 24.6. The fraction of sp³-hybridized carbons (Fsp3) is 0.281. The summed E-state index contributed by atoms with van der Waals surface area (Å²) >= 11 is 0. The van der Waals surface area contributed by atoms with Gasteiger partial charge in [-0.05, 0) is 71.7 Å². The average Bonchev–Trinajstić information content (AvgIpc) is 3.76. The van der Waals surface area contributed by atoms with E-state index in [0.717, 1.165) is 41.7 Å². The first kappa shape index (κ1) is 22.8. The zero-order valence-corrected chi connectivity index (χ0v) is 20.5. The topological polar surface area (TPSA) is 58.6 Å². The Kier molecular flexibility index (Phi) is 5.98. The minimum Gasteiger partial charge on any atom is -0.489 e. The number of hydrogen-bond donors (Lipinski definition) is 2. The highest BCUT2D eigenvalue weighted by Gasteiger charge is 2.32. The lowest BCUT2D eigenvalue weighted by Gasteiger charge is -2.33. The van der Waals surface area contributed by atoms with Gasteiger partial charge in [0.15, 0.2) is 0 Å². The molecule has 182 valence electrons. The third-order valence-corrected chi connectivity index (χ3v) is 7.76. The Morgan fingerprint density at radius 3 is 2.58 bits per heavy atom. The van der Waals surface area contributed by atoms with Crippen molar-refractivity contribution in [2.45, 2.75) is 50.2 Å². The number of rotatable bonds is 7. The number of ether oxygens (including phenoxy) is 1. The van der Waals surface area contributed by atoms with Gasteiger partial charge in [-0.2, -0.15) is 0 Å². The summed E-state index contributed by atoms with van der Waals surface area (Å²) in [5.41, 5.74) is 4.90. The summed E-state index contributed by atoms with van der Waals surface area (Å²) in [7, 11) is 0. The van der Waals surface area contributed by atoms with Crippen LogP contribution in [0.5, 0.6) is 5.75 Å². The molecule has 0 aromatic heterocycles. The summed E-state index contributed by atoms with van der Waals surface area (Å²) in [4.78, 5) is 12.1. The second kappa shape index (κ2) is 9.44. The van der Waals surface area contributed by atoms with Gasteiger partial charge in [-0.25, -0.2) is 4.79 Å². The third kappa shape index (κ3) is 4.38. The van der Waals surface area contributed by atoms with Crippen molar-refractivity contribution >= 4 is 16.7 Å². The normalized spacial score (nSPS) is 19.9. The zero-order valence-electron chi connectivity index (χ0n) is 20.5. The van der Waals surface area contributed by atoms with E-state index in [2.05, 4.69) is 66.8 Å². The van der Waals surface area contributed by atoms with E-state index in [1.165, 1.54) is 16.3 Å². The lowest BCUT2D eigenvalue weighted by molar-refractivity contribution is 0.0695. The molecule has 2 aliphatic rings. The number of para-hydroxylation sites is 1. The first-order chi connectivity index (χ1) is 17.6. The maximum atomic E-state index is 12.1. The molecular weight excluding hydrogens is 446 g/mol. The van der Waals surface area contributed by atoms with Crippen molar-refractivity contribution in [3.8, 4) is 5.75 Å². The number of carboxylic acid groups (broad SMARTS) is 1. The Morgan fingerprint density at radius 2 is 1.75 bits per heavy atom. The fourth-order valence-corrected chi connectivity index (χ4v) is 5.71. The van der Waals surface area contributed by atoms with Gasteiger partial charge in [0.1, 0.15) is 11.9 Å². The van der Waals surface area contributed by atoms with Crippen LogP contribution < -0.4 is 10.1 Å². The van der Waals surface area contributed by atoms with Crippen molar-refractivity contribution in [1.29, 1.82) is 0 Å². The van der Waals surface area contributed by atoms with Crippen molar-refractivity contribution < 1.29 is 14.6 Å². The minimum atomic E-state index is -0.832. The smallest absolute Gasteiger partial charge is 0.335 e. The molecule has 0 bridgehead atoms. The molecule has 3 atom stereocenters. The quantitative estimate of drug-likeness (QED) is 0.299. The van der Waals surface area contributed by atoms with Crippen molar-refractivity contribution in [2.24, 2.45) is 0 Å². The van der Waals surface area contributed by atoms with Gasteiger partial charge in [-0.1, -0.05) is 72.8 Å². The molecule has 1 fully saturated rings. The molecule has 0 amide bonds. The van der Waals surface area contributed by atoms with E-state index in [1.54, 1.807) is 0 Å². The maximum absolute atomic E-state index is 12.1. The predicted octanol–water partition coefficient (Wildman–Crippen LogP) is 7.05. The lowest BCUT2D eigenvalue weighted by Crippen LogP contribution is -2.37. The third-order valence-electron chi connectivity index (χ3n) is 7.76. The Balaban J connectivity index is 1.25. The number of benzene rings is 4. The number of nitrogens with one attached hydrogen (secondary N) is 1. The fourth-order valence-electron chi connectivity index (χ4n) is 5.71. The minimum absolute atomic E-state index is 0.0151. The van der Waals surface area contributed by atoms with Gasteiger partial charge in [-0.3, -0.25) is 0 Å². The van der Waals surface area contributed by atoms with Crippen molar-refractivity contribution in [2.75, 3.05) is 6.54 Å². The summed E-state index contributed by atoms with van der Waals surface area (Å²) in [5, 5.41) is 16.1. The summed E-state index contributed by atoms with van der Waals surface area (Å²) in [6.45, 7) is 2.91. The van der Waals surface area contributed by atoms with Crippen molar-refractivity contribution in [1.82, 2.24) is 5.32 Å².